The predicted octanol–water partition coefficient (Wildman–Crippen LogP) is 2.75. The molecule has 1 aliphatic rings. The van der Waals surface area contributed by atoms with Gasteiger partial charge in [-0.05, 0) is 43.7 Å². The number of rotatable bonds is 6. The van der Waals surface area contributed by atoms with Gasteiger partial charge in [-0.1, -0.05) is 18.5 Å². The molecule has 88 valence electrons. The molecular formula is C11H19N5. The van der Waals surface area contributed by atoms with Gasteiger partial charge in [0.15, 0.2) is 0 Å². The van der Waals surface area contributed by atoms with Crippen LogP contribution in [0.5, 0.6) is 0 Å². The first-order valence-electron chi connectivity index (χ1n) is 5.93. The topological polar surface area (TPSA) is 84.6 Å². The number of nitrogens with zero attached hydrogens (tertiary/aromatic N) is 4. The van der Waals surface area contributed by atoms with Crippen LogP contribution in [-0.2, 0) is 0 Å². The molecule has 0 radical (unpaired) electrons. The third-order valence-electron chi connectivity index (χ3n) is 3.37. The zero-order chi connectivity index (χ0) is 11.9. The molecule has 0 aromatic heterocycles. The van der Waals surface area contributed by atoms with Gasteiger partial charge >= 0.3 is 0 Å². The molecular weight excluding hydrogens is 202 g/mol. The minimum Gasteiger partial charge on any atom is -0.299 e. The first-order chi connectivity index (χ1) is 7.76. The summed E-state index contributed by atoms with van der Waals surface area (Å²) >= 11 is 0. The summed E-state index contributed by atoms with van der Waals surface area (Å²) in [5, 5.41) is 16.0. The number of hydrogen-bond acceptors (Lipinski definition) is 3. The zero-order valence-electron chi connectivity index (χ0n) is 9.82. The second-order valence-corrected chi connectivity index (χ2v) is 4.45. The van der Waals surface area contributed by atoms with E-state index >= 15 is 0 Å². The Bertz CT molecular complexity index is 302. The van der Waals surface area contributed by atoms with Gasteiger partial charge in [-0.2, -0.15) is 5.26 Å². The van der Waals surface area contributed by atoms with Crippen molar-refractivity contribution >= 4 is 0 Å². The van der Waals surface area contributed by atoms with Crippen molar-refractivity contribution in [3.05, 3.63) is 10.4 Å². The molecule has 0 aliphatic heterocycles. The summed E-state index contributed by atoms with van der Waals surface area (Å²) in [6.07, 6.45) is 5.01. The Hall–Kier alpha value is -1.24. The molecule has 2 atom stereocenters. The Kier molecular flexibility index (Phi) is 5.10. The minimum atomic E-state index is -0.322. The van der Waals surface area contributed by atoms with Crippen LogP contribution in [0.15, 0.2) is 5.11 Å². The van der Waals surface area contributed by atoms with Crippen LogP contribution in [0.1, 0.15) is 39.0 Å². The maximum atomic E-state index is 9.24. The lowest BCUT2D eigenvalue weighted by Crippen LogP contribution is -2.42. The second-order valence-electron chi connectivity index (χ2n) is 4.45. The van der Waals surface area contributed by atoms with Crippen molar-refractivity contribution in [2.45, 2.75) is 44.6 Å². The Balaban J connectivity index is 2.32. The van der Waals surface area contributed by atoms with Crippen LogP contribution in [0.3, 0.4) is 0 Å². The van der Waals surface area contributed by atoms with Crippen LogP contribution < -0.4 is 5.32 Å². The summed E-state index contributed by atoms with van der Waals surface area (Å²) in [4.78, 5) is 2.70. The highest BCUT2D eigenvalue weighted by atomic mass is 15.1. The number of hydrogen-bond donors (Lipinski definition) is 1. The summed E-state index contributed by atoms with van der Waals surface area (Å²) in [7, 11) is 0. The van der Waals surface area contributed by atoms with Gasteiger partial charge in [0.1, 0.15) is 5.54 Å². The van der Waals surface area contributed by atoms with Crippen molar-refractivity contribution < 1.29 is 0 Å². The fourth-order valence-electron chi connectivity index (χ4n) is 2.32. The fraction of sp³-hybridized carbons (Fsp3) is 0.909. The lowest BCUT2D eigenvalue weighted by Gasteiger charge is -2.22. The Morgan fingerprint density at radius 2 is 2.50 bits per heavy atom. The Labute approximate surface area is 96.5 Å². The maximum absolute atomic E-state index is 9.24. The molecule has 1 aliphatic carbocycles. The van der Waals surface area contributed by atoms with Crippen molar-refractivity contribution in [2.24, 2.45) is 11.0 Å². The highest BCUT2D eigenvalue weighted by molar-refractivity contribution is 5.11. The molecule has 0 saturated heterocycles. The monoisotopic (exact) mass is 221 g/mol. The van der Waals surface area contributed by atoms with Crippen LogP contribution in [0.25, 0.3) is 10.4 Å². The van der Waals surface area contributed by atoms with Gasteiger partial charge in [-0.15, -0.1) is 0 Å². The van der Waals surface area contributed by atoms with Crippen LogP contribution in [0.2, 0.25) is 0 Å². The first-order valence-corrected chi connectivity index (χ1v) is 5.93. The molecule has 2 unspecified atom stereocenters. The van der Waals surface area contributed by atoms with E-state index in [9.17, 15) is 5.26 Å². The standard InChI is InChI=1S/C11H19N5/c1-2-10-4-5-11(8-10,9-12)14-6-3-7-15-16-13/h10,14H,2-8H2,1H3. The third kappa shape index (κ3) is 3.41. The van der Waals surface area contributed by atoms with Gasteiger partial charge < -0.3 is 0 Å². The normalized spacial score (nSPS) is 28.4. The molecule has 1 fully saturated rings. The molecule has 16 heavy (non-hydrogen) atoms. The van der Waals surface area contributed by atoms with Gasteiger partial charge in [0.05, 0.1) is 6.07 Å². The van der Waals surface area contributed by atoms with Crippen molar-refractivity contribution in [1.29, 1.82) is 5.26 Å². The molecule has 0 spiro atoms. The maximum Gasteiger partial charge on any atom is 0.107 e. The van der Waals surface area contributed by atoms with E-state index < -0.39 is 0 Å². The van der Waals surface area contributed by atoms with Crippen molar-refractivity contribution in [1.82, 2.24) is 5.32 Å². The van der Waals surface area contributed by atoms with E-state index in [0.29, 0.717) is 12.5 Å². The minimum absolute atomic E-state index is 0.322. The molecule has 1 saturated carbocycles. The molecule has 0 aromatic carbocycles. The summed E-state index contributed by atoms with van der Waals surface area (Å²) in [6.45, 7) is 3.44. The van der Waals surface area contributed by atoms with Gasteiger partial charge in [0.25, 0.3) is 0 Å². The summed E-state index contributed by atoms with van der Waals surface area (Å²) in [6, 6.07) is 2.42. The van der Waals surface area contributed by atoms with E-state index in [4.69, 9.17) is 5.53 Å². The quantitative estimate of drug-likeness (QED) is 0.323. The van der Waals surface area contributed by atoms with Crippen molar-refractivity contribution in [3.8, 4) is 6.07 Å². The predicted molar refractivity (Wildman–Crippen MR) is 62.6 cm³/mol. The van der Waals surface area contributed by atoms with Crippen LogP contribution >= 0.6 is 0 Å². The van der Waals surface area contributed by atoms with E-state index in [2.05, 4.69) is 28.3 Å². The molecule has 0 aromatic rings. The second kappa shape index (κ2) is 6.37. The smallest absolute Gasteiger partial charge is 0.107 e. The lowest BCUT2D eigenvalue weighted by atomic mass is 9.96. The summed E-state index contributed by atoms with van der Waals surface area (Å²) in [5.41, 5.74) is 7.80. The lowest BCUT2D eigenvalue weighted by molar-refractivity contribution is 0.398. The molecule has 5 heteroatoms. The Morgan fingerprint density at radius 1 is 1.69 bits per heavy atom. The average molecular weight is 221 g/mol. The molecule has 1 N–H and O–H groups in total. The highest BCUT2D eigenvalue weighted by Crippen LogP contribution is 2.35. The van der Waals surface area contributed by atoms with Gasteiger partial charge in [-0.3, -0.25) is 5.32 Å². The average Bonchev–Trinajstić information content (AvgIpc) is 2.73. The third-order valence-corrected chi connectivity index (χ3v) is 3.37. The molecule has 0 heterocycles. The van der Waals surface area contributed by atoms with Crippen LogP contribution in [-0.4, -0.2) is 18.6 Å². The van der Waals surface area contributed by atoms with E-state index in [1.54, 1.807) is 0 Å². The van der Waals surface area contributed by atoms with E-state index in [1.807, 2.05) is 0 Å². The number of nitrogens with one attached hydrogen (secondary N) is 1. The number of azide groups is 1. The van der Waals surface area contributed by atoms with Gasteiger partial charge in [-0.25, -0.2) is 0 Å². The van der Waals surface area contributed by atoms with Crippen molar-refractivity contribution in [3.63, 3.8) is 0 Å². The number of nitriles is 1. The van der Waals surface area contributed by atoms with E-state index in [-0.39, 0.29) is 5.54 Å². The van der Waals surface area contributed by atoms with Gasteiger partial charge in [0.2, 0.25) is 0 Å². The highest BCUT2D eigenvalue weighted by Gasteiger charge is 2.37. The Morgan fingerprint density at radius 3 is 3.06 bits per heavy atom. The van der Waals surface area contributed by atoms with E-state index in [1.165, 1.54) is 0 Å². The van der Waals surface area contributed by atoms with E-state index in [0.717, 1.165) is 38.6 Å². The first kappa shape index (κ1) is 12.8. The van der Waals surface area contributed by atoms with Crippen LogP contribution in [0.4, 0.5) is 0 Å². The molecule has 1 rings (SSSR count). The zero-order valence-corrected chi connectivity index (χ0v) is 9.82. The summed E-state index contributed by atoms with van der Waals surface area (Å²) in [5.74, 6) is 0.685. The molecule has 0 bridgehead atoms. The SMILES string of the molecule is CCC1CCC(C#N)(NCCCN=[N+]=[N-])C1. The van der Waals surface area contributed by atoms with Crippen LogP contribution in [0, 0.1) is 17.2 Å². The fourth-order valence-corrected chi connectivity index (χ4v) is 2.32. The van der Waals surface area contributed by atoms with Crippen molar-refractivity contribution in [2.75, 3.05) is 13.1 Å². The van der Waals surface area contributed by atoms with Gasteiger partial charge in [0, 0.05) is 11.5 Å². The largest absolute Gasteiger partial charge is 0.299 e. The molecule has 5 nitrogen and oxygen atoms in total. The molecule has 0 amide bonds. The summed E-state index contributed by atoms with van der Waals surface area (Å²) < 4.78 is 0.